The molecule has 0 spiro atoms. The molecular formula is C15H16N2O2S. The van der Waals surface area contributed by atoms with Crippen molar-refractivity contribution in [1.29, 1.82) is 0 Å². The SMILES string of the molecule is O=C(O)CSc1nccn1C1CCCc2ccccc21. The Morgan fingerprint density at radius 3 is 3.15 bits per heavy atom. The van der Waals surface area contributed by atoms with Crippen molar-refractivity contribution in [1.82, 2.24) is 9.55 Å². The Bertz CT molecular complexity index is 624. The first-order chi connectivity index (χ1) is 9.75. The van der Waals surface area contributed by atoms with Gasteiger partial charge in [-0.2, -0.15) is 0 Å². The van der Waals surface area contributed by atoms with Crippen LogP contribution < -0.4 is 0 Å². The monoisotopic (exact) mass is 288 g/mol. The molecule has 1 N–H and O–H groups in total. The number of imidazole rings is 1. The molecule has 0 bridgehead atoms. The highest BCUT2D eigenvalue weighted by atomic mass is 32.2. The maximum atomic E-state index is 10.7. The highest BCUT2D eigenvalue weighted by molar-refractivity contribution is 7.99. The molecule has 0 saturated heterocycles. The van der Waals surface area contributed by atoms with Crippen LogP contribution in [0.5, 0.6) is 0 Å². The molecule has 1 heterocycles. The summed E-state index contributed by atoms with van der Waals surface area (Å²) in [5, 5.41) is 9.60. The number of carboxylic acids is 1. The largest absolute Gasteiger partial charge is 0.481 e. The molecule has 2 aromatic rings. The van der Waals surface area contributed by atoms with Crippen LogP contribution in [0.15, 0.2) is 41.8 Å². The highest BCUT2D eigenvalue weighted by Crippen LogP contribution is 2.35. The number of carboxylic acid groups (broad SMARTS) is 1. The highest BCUT2D eigenvalue weighted by Gasteiger charge is 2.23. The van der Waals surface area contributed by atoms with Crippen molar-refractivity contribution in [3.63, 3.8) is 0 Å². The van der Waals surface area contributed by atoms with Gasteiger partial charge in [-0.1, -0.05) is 36.0 Å². The Kier molecular flexibility index (Phi) is 3.78. The van der Waals surface area contributed by atoms with E-state index >= 15 is 0 Å². The van der Waals surface area contributed by atoms with Gasteiger partial charge in [0.1, 0.15) is 0 Å². The molecule has 0 aliphatic heterocycles. The molecule has 1 aromatic carbocycles. The van der Waals surface area contributed by atoms with Crippen molar-refractivity contribution in [3.05, 3.63) is 47.8 Å². The van der Waals surface area contributed by atoms with Gasteiger partial charge in [0.25, 0.3) is 0 Å². The fraction of sp³-hybridized carbons (Fsp3) is 0.333. The molecular weight excluding hydrogens is 272 g/mol. The van der Waals surface area contributed by atoms with Crippen molar-refractivity contribution in [2.75, 3.05) is 5.75 Å². The summed E-state index contributed by atoms with van der Waals surface area (Å²) < 4.78 is 2.12. The Labute approximate surface area is 121 Å². The minimum Gasteiger partial charge on any atom is -0.481 e. The molecule has 1 atom stereocenters. The van der Waals surface area contributed by atoms with Crippen LogP contribution in [0, 0.1) is 0 Å². The van der Waals surface area contributed by atoms with Crippen LogP contribution in [0.1, 0.15) is 30.0 Å². The van der Waals surface area contributed by atoms with E-state index in [1.165, 1.54) is 22.9 Å². The number of rotatable bonds is 4. The Morgan fingerprint density at radius 2 is 2.30 bits per heavy atom. The third-order valence-electron chi connectivity index (χ3n) is 3.63. The number of fused-ring (bicyclic) bond motifs is 1. The molecule has 1 aliphatic carbocycles. The van der Waals surface area contributed by atoms with Gasteiger partial charge in [0, 0.05) is 12.4 Å². The van der Waals surface area contributed by atoms with Gasteiger partial charge < -0.3 is 9.67 Å². The predicted octanol–water partition coefficient (Wildman–Crippen LogP) is 2.99. The maximum Gasteiger partial charge on any atom is 0.313 e. The topological polar surface area (TPSA) is 55.1 Å². The van der Waals surface area contributed by atoms with Gasteiger partial charge in [0.05, 0.1) is 11.8 Å². The fourth-order valence-electron chi connectivity index (χ4n) is 2.79. The van der Waals surface area contributed by atoms with E-state index < -0.39 is 5.97 Å². The summed E-state index contributed by atoms with van der Waals surface area (Å²) in [4.78, 5) is 15.0. The predicted molar refractivity (Wildman–Crippen MR) is 78.1 cm³/mol. The van der Waals surface area contributed by atoms with E-state index in [1.807, 2.05) is 6.20 Å². The number of hydrogen-bond donors (Lipinski definition) is 1. The molecule has 5 heteroatoms. The van der Waals surface area contributed by atoms with Crippen LogP contribution in [-0.4, -0.2) is 26.4 Å². The van der Waals surface area contributed by atoms with Gasteiger partial charge >= 0.3 is 5.97 Å². The number of hydrogen-bond acceptors (Lipinski definition) is 3. The summed E-state index contributed by atoms with van der Waals surface area (Å²) >= 11 is 1.28. The second-order valence-electron chi connectivity index (χ2n) is 4.91. The van der Waals surface area contributed by atoms with E-state index in [0.29, 0.717) is 0 Å². The first-order valence-corrected chi connectivity index (χ1v) is 7.69. The third kappa shape index (κ3) is 2.58. The van der Waals surface area contributed by atoms with Crippen molar-refractivity contribution >= 4 is 17.7 Å². The normalized spacial score (nSPS) is 17.7. The van der Waals surface area contributed by atoms with E-state index in [4.69, 9.17) is 5.11 Å². The first kappa shape index (κ1) is 13.2. The number of nitrogens with zero attached hydrogens (tertiary/aromatic N) is 2. The maximum absolute atomic E-state index is 10.7. The summed E-state index contributed by atoms with van der Waals surface area (Å²) in [6, 6.07) is 8.78. The average Bonchev–Trinajstić information content (AvgIpc) is 2.92. The van der Waals surface area contributed by atoms with Crippen molar-refractivity contribution < 1.29 is 9.90 Å². The summed E-state index contributed by atoms with van der Waals surface area (Å²) in [5.41, 5.74) is 2.74. The lowest BCUT2D eigenvalue weighted by Gasteiger charge is -2.27. The zero-order chi connectivity index (χ0) is 13.9. The second kappa shape index (κ2) is 5.71. The second-order valence-corrected chi connectivity index (χ2v) is 5.85. The van der Waals surface area contributed by atoms with Gasteiger partial charge in [0.2, 0.25) is 0 Å². The number of thioether (sulfide) groups is 1. The van der Waals surface area contributed by atoms with Crippen molar-refractivity contribution in [3.8, 4) is 0 Å². The van der Waals surface area contributed by atoms with E-state index in [1.54, 1.807) is 6.20 Å². The van der Waals surface area contributed by atoms with Crippen molar-refractivity contribution in [2.24, 2.45) is 0 Å². The molecule has 1 unspecified atom stereocenters. The molecule has 0 saturated carbocycles. The van der Waals surface area contributed by atoms with Crippen LogP contribution in [0.25, 0.3) is 0 Å². The molecule has 104 valence electrons. The Balaban J connectivity index is 1.91. The van der Waals surface area contributed by atoms with Gasteiger partial charge in [0.15, 0.2) is 5.16 Å². The van der Waals surface area contributed by atoms with Gasteiger partial charge in [-0.25, -0.2) is 4.98 Å². The van der Waals surface area contributed by atoms with E-state index in [0.717, 1.165) is 24.4 Å². The third-order valence-corrected chi connectivity index (χ3v) is 4.60. The lowest BCUT2D eigenvalue weighted by molar-refractivity contribution is -0.133. The van der Waals surface area contributed by atoms with Crippen molar-refractivity contribution in [2.45, 2.75) is 30.5 Å². The quantitative estimate of drug-likeness (QED) is 0.879. The van der Waals surface area contributed by atoms with Crippen LogP contribution in [0.2, 0.25) is 0 Å². The number of aryl methyl sites for hydroxylation is 1. The van der Waals surface area contributed by atoms with Crippen LogP contribution in [0.3, 0.4) is 0 Å². The fourth-order valence-corrected chi connectivity index (χ4v) is 3.52. The van der Waals surface area contributed by atoms with Crippen LogP contribution in [0.4, 0.5) is 0 Å². The molecule has 3 rings (SSSR count). The van der Waals surface area contributed by atoms with E-state index in [-0.39, 0.29) is 11.8 Å². The van der Waals surface area contributed by atoms with Gasteiger partial charge in [-0.05, 0) is 30.4 Å². The molecule has 20 heavy (non-hydrogen) atoms. The van der Waals surface area contributed by atoms with Crippen LogP contribution in [-0.2, 0) is 11.2 Å². The molecule has 0 radical (unpaired) electrons. The summed E-state index contributed by atoms with van der Waals surface area (Å²) in [7, 11) is 0. The number of benzene rings is 1. The zero-order valence-electron chi connectivity index (χ0n) is 11.0. The Morgan fingerprint density at radius 1 is 1.45 bits per heavy atom. The average molecular weight is 288 g/mol. The standard InChI is InChI=1S/C15H16N2O2S/c18-14(19)10-20-15-16-8-9-17(15)13-7-3-5-11-4-1-2-6-12(11)13/h1-2,4,6,8-9,13H,3,5,7,10H2,(H,18,19). The number of aliphatic carboxylic acids is 1. The van der Waals surface area contributed by atoms with E-state index in [2.05, 4.69) is 33.8 Å². The smallest absolute Gasteiger partial charge is 0.313 e. The summed E-state index contributed by atoms with van der Waals surface area (Å²) in [6.07, 6.45) is 7.06. The first-order valence-electron chi connectivity index (χ1n) is 6.71. The molecule has 1 aliphatic rings. The lowest BCUT2D eigenvalue weighted by Crippen LogP contribution is -2.17. The Hall–Kier alpha value is -1.75. The van der Waals surface area contributed by atoms with Gasteiger partial charge in [-0.15, -0.1) is 0 Å². The summed E-state index contributed by atoms with van der Waals surface area (Å²) in [5.74, 6) is -0.764. The lowest BCUT2D eigenvalue weighted by atomic mass is 9.88. The molecule has 4 nitrogen and oxygen atoms in total. The van der Waals surface area contributed by atoms with E-state index in [9.17, 15) is 4.79 Å². The molecule has 1 aromatic heterocycles. The number of carbonyl (C=O) groups is 1. The van der Waals surface area contributed by atoms with Gasteiger partial charge in [-0.3, -0.25) is 4.79 Å². The minimum atomic E-state index is -0.811. The zero-order valence-corrected chi connectivity index (χ0v) is 11.8. The molecule has 0 amide bonds. The minimum absolute atomic E-state index is 0.0470. The molecule has 0 fully saturated rings. The number of aromatic nitrogens is 2. The van der Waals surface area contributed by atoms with Crippen LogP contribution >= 0.6 is 11.8 Å². The summed E-state index contributed by atoms with van der Waals surface area (Å²) in [6.45, 7) is 0.